The van der Waals surface area contributed by atoms with Crippen molar-refractivity contribution < 1.29 is 4.74 Å². The number of anilines is 1. The van der Waals surface area contributed by atoms with Crippen LogP contribution in [0.2, 0.25) is 0 Å². The topological polar surface area (TPSA) is 38.5 Å². The minimum Gasteiger partial charge on any atom is -0.399 e. The molecule has 0 radical (unpaired) electrons. The highest BCUT2D eigenvalue weighted by molar-refractivity contribution is 5.40. The van der Waals surface area contributed by atoms with Gasteiger partial charge in [0.15, 0.2) is 0 Å². The summed E-state index contributed by atoms with van der Waals surface area (Å²) in [5.74, 6) is 0. The highest BCUT2D eigenvalue weighted by atomic mass is 16.6. The molecule has 0 spiro atoms. The molecule has 2 nitrogen and oxygen atoms in total. The van der Waals surface area contributed by atoms with Gasteiger partial charge >= 0.3 is 0 Å². The largest absolute Gasteiger partial charge is 0.399 e. The molecule has 1 heterocycles. The monoisotopic (exact) mass is 163 g/mol. The molecular weight excluding hydrogens is 150 g/mol. The molecule has 0 aliphatic carbocycles. The molecular formula is C10H13NO. The summed E-state index contributed by atoms with van der Waals surface area (Å²) >= 11 is 0. The minimum atomic E-state index is 0.520. The van der Waals surface area contributed by atoms with E-state index in [1.807, 2.05) is 18.2 Å². The highest BCUT2D eigenvalue weighted by Crippen LogP contribution is 2.17. The molecule has 1 aromatic carbocycles. The van der Waals surface area contributed by atoms with E-state index < -0.39 is 0 Å². The summed E-state index contributed by atoms with van der Waals surface area (Å²) < 4.78 is 5.13. The van der Waals surface area contributed by atoms with E-state index in [-0.39, 0.29) is 0 Å². The average molecular weight is 163 g/mol. The molecule has 1 saturated heterocycles. The smallest absolute Gasteiger partial charge is 0.0813 e. The first-order valence-electron chi connectivity index (χ1n) is 4.30. The SMILES string of the molecule is Nc1cccc(CCC2CO2)c1. The van der Waals surface area contributed by atoms with Crippen LogP contribution in [-0.4, -0.2) is 12.7 Å². The maximum atomic E-state index is 5.65. The van der Waals surface area contributed by atoms with E-state index in [1.165, 1.54) is 5.56 Å². The fraction of sp³-hybridized carbons (Fsp3) is 0.400. The lowest BCUT2D eigenvalue weighted by molar-refractivity contribution is 0.397. The molecule has 12 heavy (non-hydrogen) atoms. The average Bonchev–Trinajstić information content (AvgIpc) is 2.84. The molecule has 2 N–H and O–H groups in total. The van der Waals surface area contributed by atoms with Crippen LogP contribution in [0.3, 0.4) is 0 Å². The Bertz CT molecular complexity index is 268. The standard InChI is InChI=1S/C10H13NO/c11-9-3-1-2-8(6-9)4-5-10-7-12-10/h1-3,6,10H,4-5,7,11H2. The Kier molecular flexibility index (Phi) is 2.00. The Hall–Kier alpha value is -1.02. The minimum absolute atomic E-state index is 0.520. The molecule has 0 aromatic heterocycles. The summed E-state index contributed by atoms with van der Waals surface area (Å²) in [6.45, 7) is 0.947. The van der Waals surface area contributed by atoms with Crippen molar-refractivity contribution in [1.82, 2.24) is 0 Å². The predicted molar refractivity (Wildman–Crippen MR) is 48.9 cm³/mol. The summed E-state index contributed by atoms with van der Waals surface area (Å²) in [7, 11) is 0. The Morgan fingerprint density at radius 3 is 3.00 bits per heavy atom. The van der Waals surface area contributed by atoms with Crippen LogP contribution in [0, 0.1) is 0 Å². The van der Waals surface area contributed by atoms with Gasteiger partial charge in [0.1, 0.15) is 0 Å². The van der Waals surface area contributed by atoms with Gasteiger partial charge in [-0.25, -0.2) is 0 Å². The van der Waals surface area contributed by atoms with E-state index in [4.69, 9.17) is 10.5 Å². The molecule has 1 atom stereocenters. The summed E-state index contributed by atoms with van der Waals surface area (Å²) in [6.07, 6.45) is 2.73. The Morgan fingerprint density at radius 2 is 2.33 bits per heavy atom. The fourth-order valence-corrected chi connectivity index (χ4v) is 1.31. The zero-order chi connectivity index (χ0) is 8.39. The van der Waals surface area contributed by atoms with Gasteiger partial charge in [-0.1, -0.05) is 12.1 Å². The zero-order valence-corrected chi connectivity index (χ0v) is 6.99. The van der Waals surface area contributed by atoms with Crippen LogP contribution in [0.25, 0.3) is 0 Å². The third kappa shape index (κ3) is 1.98. The number of hydrogen-bond acceptors (Lipinski definition) is 2. The van der Waals surface area contributed by atoms with Crippen molar-refractivity contribution in [3.8, 4) is 0 Å². The van der Waals surface area contributed by atoms with Crippen LogP contribution >= 0.6 is 0 Å². The van der Waals surface area contributed by atoms with Crippen molar-refractivity contribution in [2.75, 3.05) is 12.3 Å². The molecule has 1 unspecified atom stereocenters. The lowest BCUT2D eigenvalue weighted by Gasteiger charge is -1.99. The first-order chi connectivity index (χ1) is 5.84. The Balaban J connectivity index is 1.92. The third-order valence-corrected chi connectivity index (χ3v) is 2.11. The van der Waals surface area contributed by atoms with E-state index in [0.717, 1.165) is 25.1 Å². The Morgan fingerprint density at radius 1 is 1.50 bits per heavy atom. The van der Waals surface area contributed by atoms with Crippen molar-refractivity contribution in [3.63, 3.8) is 0 Å². The first kappa shape index (κ1) is 7.62. The van der Waals surface area contributed by atoms with E-state index in [9.17, 15) is 0 Å². The number of nitrogen functional groups attached to an aromatic ring is 1. The number of hydrogen-bond donors (Lipinski definition) is 1. The van der Waals surface area contributed by atoms with Gasteiger partial charge in [0.25, 0.3) is 0 Å². The van der Waals surface area contributed by atoms with Crippen LogP contribution in [0.15, 0.2) is 24.3 Å². The molecule has 1 aliphatic rings. The molecule has 1 aromatic rings. The zero-order valence-electron chi connectivity index (χ0n) is 6.99. The van der Waals surface area contributed by atoms with E-state index >= 15 is 0 Å². The molecule has 1 aliphatic heterocycles. The number of rotatable bonds is 3. The highest BCUT2D eigenvalue weighted by Gasteiger charge is 2.21. The fourth-order valence-electron chi connectivity index (χ4n) is 1.31. The van der Waals surface area contributed by atoms with Crippen LogP contribution in [0.4, 0.5) is 5.69 Å². The second-order valence-corrected chi connectivity index (χ2v) is 3.24. The molecule has 0 amide bonds. The number of nitrogens with two attached hydrogens (primary N) is 1. The maximum absolute atomic E-state index is 5.65. The molecule has 0 bridgehead atoms. The number of ether oxygens (including phenoxy) is 1. The number of benzene rings is 1. The van der Waals surface area contributed by atoms with Gasteiger partial charge in [0.2, 0.25) is 0 Å². The lowest BCUT2D eigenvalue weighted by atomic mass is 10.1. The normalized spacial score (nSPS) is 20.8. The predicted octanol–water partition coefficient (Wildman–Crippen LogP) is 1.60. The van der Waals surface area contributed by atoms with Crippen molar-refractivity contribution in [1.29, 1.82) is 0 Å². The van der Waals surface area contributed by atoms with Crippen LogP contribution in [0.1, 0.15) is 12.0 Å². The summed E-state index contributed by atoms with van der Waals surface area (Å²) in [5, 5.41) is 0. The van der Waals surface area contributed by atoms with E-state index in [2.05, 4.69) is 6.07 Å². The lowest BCUT2D eigenvalue weighted by Crippen LogP contribution is -1.92. The number of aryl methyl sites for hydroxylation is 1. The van der Waals surface area contributed by atoms with Gasteiger partial charge in [0.05, 0.1) is 12.7 Å². The van der Waals surface area contributed by atoms with Crippen molar-refractivity contribution >= 4 is 5.69 Å². The van der Waals surface area contributed by atoms with Gasteiger partial charge in [-0.2, -0.15) is 0 Å². The van der Waals surface area contributed by atoms with Crippen LogP contribution in [0.5, 0.6) is 0 Å². The third-order valence-electron chi connectivity index (χ3n) is 2.11. The van der Waals surface area contributed by atoms with Crippen molar-refractivity contribution in [2.24, 2.45) is 0 Å². The summed E-state index contributed by atoms with van der Waals surface area (Å²) in [4.78, 5) is 0. The van der Waals surface area contributed by atoms with Crippen LogP contribution < -0.4 is 5.73 Å². The second kappa shape index (κ2) is 3.15. The summed E-state index contributed by atoms with van der Waals surface area (Å²) in [6, 6.07) is 8.05. The van der Waals surface area contributed by atoms with E-state index in [1.54, 1.807) is 0 Å². The quantitative estimate of drug-likeness (QED) is 0.543. The molecule has 64 valence electrons. The maximum Gasteiger partial charge on any atom is 0.0813 e. The van der Waals surface area contributed by atoms with Gasteiger partial charge in [-0.3, -0.25) is 0 Å². The first-order valence-corrected chi connectivity index (χ1v) is 4.30. The molecule has 2 rings (SSSR count). The summed E-state index contributed by atoms with van der Waals surface area (Å²) in [5.41, 5.74) is 7.81. The molecule has 2 heteroatoms. The number of epoxide rings is 1. The van der Waals surface area contributed by atoms with Gasteiger partial charge in [0, 0.05) is 5.69 Å². The van der Waals surface area contributed by atoms with Crippen LogP contribution in [-0.2, 0) is 11.2 Å². The van der Waals surface area contributed by atoms with Gasteiger partial charge in [-0.05, 0) is 30.5 Å². The van der Waals surface area contributed by atoms with Crippen molar-refractivity contribution in [2.45, 2.75) is 18.9 Å². The molecule has 1 fully saturated rings. The van der Waals surface area contributed by atoms with Gasteiger partial charge < -0.3 is 10.5 Å². The van der Waals surface area contributed by atoms with E-state index in [0.29, 0.717) is 6.10 Å². The molecule has 0 saturated carbocycles. The Labute approximate surface area is 72.3 Å². The second-order valence-electron chi connectivity index (χ2n) is 3.24. The van der Waals surface area contributed by atoms with Crippen molar-refractivity contribution in [3.05, 3.63) is 29.8 Å². The van der Waals surface area contributed by atoms with Gasteiger partial charge in [-0.15, -0.1) is 0 Å².